The zero-order chi connectivity index (χ0) is 15.5. The molecular weight excluding hydrogens is 335 g/mol. The Hall–Kier alpha value is -1.43. The maximum Gasteiger partial charge on any atom is 0.261 e. The van der Waals surface area contributed by atoms with Gasteiger partial charge in [0.2, 0.25) is 0 Å². The van der Waals surface area contributed by atoms with Crippen molar-refractivity contribution in [2.24, 2.45) is 5.92 Å². The zero-order valence-corrected chi connectivity index (χ0v) is 14.5. The van der Waals surface area contributed by atoms with E-state index in [1.165, 1.54) is 23.5 Å². The molecule has 1 fully saturated rings. The normalized spacial score (nSPS) is 20.6. The number of carbonyl (C=O) groups is 1. The Kier molecular flexibility index (Phi) is 6.16. The first-order chi connectivity index (χ1) is 10.6. The highest BCUT2D eigenvalue weighted by atomic mass is 35.5. The Morgan fingerprint density at radius 3 is 2.70 bits per heavy atom. The Balaban J connectivity index is 0.00000192. The van der Waals surface area contributed by atoms with Gasteiger partial charge in [0.15, 0.2) is 0 Å². The predicted molar refractivity (Wildman–Crippen MR) is 94.9 cm³/mol. The fourth-order valence-corrected chi connectivity index (χ4v) is 3.57. The number of carbonyl (C=O) groups excluding carboxylic acids is 1. The van der Waals surface area contributed by atoms with Crippen LogP contribution in [0.1, 0.15) is 23.0 Å². The van der Waals surface area contributed by atoms with Crippen LogP contribution in [0.4, 0.5) is 4.39 Å². The van der Waals surface area contributed by atoms with E-state index < -0.39 is 0 Å². The minimum Gasteiger partial charge on any atom is -0.347 e. The summed E-state index contributed by atoms with van der Waals surface area (Å²) in [5, 5.41) is 6.42. The number of benzene rings is 1. The van der Waals surface area contributed by atoms with Gasteiger partial charge in [-0.05, 0) is 48.7 Å². The van der Waals surface area contributed by atoms with Gasteiger partial charge in [0.25, 0.3) is 5.91 Å². The zero-order valence-electron chi connectivity index (χ0n) is 12.8. The molecule has 2 N–H and O–H groups in total. The van der Waals surface area contributed by atoms with Crippen molar-refractivity contribution in [3.05, 3.63) is 47.1 Å². The highest BCUT2D eigenvalue weighted by Crippen LogP contribution is 2.28. The molecule has 0 radical (unpaired) electrons. The second-order valence-corrected chi connectivity index (χ2v) is 6.80. The third kappa shape index (κ3) is 4.31. The van der Waals surface area contributed by atoms with Crippen LogP contribution in [-0.4, -0.2) is 25.0 Å². The van der Waals surface area contributed by atoms with E-state index >= 15 is 0 Å². The van der Waals surface area contributed by atoms with Gasteiger partial charge in [-0.25, -0.2) is 4.39 Å². The van der Waals surface area contributed by atoms with Gasteiger partial charge in [0.1, 0.15) is 5.82 Å². The van der Waals surface area contributed by atoms with Crippen molar-refractivity contribution < 1.29 is 9.18 Å². The van der Waals surface area contributed by atoms with E-state index in [0.717, 1.165) is 30.0 Å². The number of piperidine rings is 1. The molecule has 1 aromatic carbocycles. The maximum atomic E-state index is 13.0. The number of halogens is 2. The van der Waals surface area contributed by atoms with Crippen molar-refractivity contribution >= 4 is 29.7 Å². The molecule has 3 nitrogen and oxygen atoms in total. The van der Waals surface area contributed by atoms with Gasteiger partial charge in [-0.2, -0.15) is 0 Å². The lowest BCUT2D eigenvalue weighted by Crippen LogP contribution is -2.50. The molecule has 0 spiro atoms. The Labute approximate surface area is 145 Å². The first kappa shape index (κ1) is 17.9. The largest absolute Gasteiger partial charge is 0.347 e. The summed E-state index contributed by atoms with van der Waals surface area (Å²) in [6, 6.07) is 10.3. The van der Waals surface area contributed by atoms with Crippen LogP contribution in [-0.2, 0) is 0 Å². The van der Waals surface area contributed by atoms with Crippen LogP contribution >= 0.6 is 23.7 Å². The van der Waals surface area contributed by atoms with Gasteiger partial charge < -0.3 is 10.6 Å². The summed E-state index contributed by atoms with van der Waals surface area (Å²) in [4.78, 5) is 14.0. The topological polar surface area (TPSA) is 41.1 Å². The Morgan fingerprint density at radius 2 is 2.00 bits per heavy atom. The first-order valence-electron chi connectivity index (χ1n) is 7.51. The molecule has 3 rings (SSSR count). The quantitative estimate of drug-likeness (QED) is 0.882. The van der Waals surface area contributed by atoms with Gasteiger partial charge in [-0.1, -0.05) is 19.1 Å². The number of nitrogens with one attached hydrogen (secondary N) is 2. The van der Waals surface area contributed by atoms with Crippen LogP contribution in [0.2, 0.25) is 0 Å². The van der Waals surface area contributed by atoms with Crippen molar-refractivity contribution in [3.8, 4) is 10.4 Å². The van der Waals surface area contributed by atoms with Gasteiger partial charge in [0.05, 0.1) is 4.88 Å². The summed E-state index contributed by atoms with van der Waals surface area (Å²) in [6.07, 6.45) is 1.08. The van der Waals surface area contributed by atoms with Crippen molar-refractivity contribution in [1.82, 2.24) is 10.6 Å². The summed E-state index contributed by atoms with van der Waals surface area (Å²) in [6.45, 7) is 4.01. The van der Waals surface area contributed by atoms with E-state index in [-0.39, 0.29) is 30.2 Å². The van der Waals surface area contributed by atoms with E-state index in [9.17, 15) is 9.18 Å². The third-order valence-corrected chi connectivity index (χ3v) is 5.24. The van der Waals surface area contributed by atoms with Crippen LogP contribution in [0.15, 0.2) is 36.4 Å². The molecule has 1 aliphatic heterocycles. The fourth-order valence-electron chi connectivity index (χ4n) is 2.65. The highest BCUT2D eigenvalue weighted by molar-refractivity contribution is 7.17. The highest BCUT2D eigenvalue weighted by Gasteiger charge is 2.23. The summed E-state index contributed by atoms with van der Waals surface area (Å²) in [5.74, 6) is 0.206. The lowest BCUT2D eigenvalue weighted by Gasteiger charge is -2.30. The molecule has 23 heavy (non-hydrogen) atoms. The summed E-state index contributed by atoms with van der Waals surface area (Å²) >= 11 is 1.43. The summed E-state index contributed by atoms with van der Waals surface area (Å²) < 4.78 is 13.0. The maximum absolute atomic E-state index is 13.0. The van der Waals surface area contributed by atoms with E-state index in [1.54, 1.807) is 12.1 Å². The molecular formula is C17H20ClFN2OS. The number of hydrogen-bond donors (Lipinski definition) is 2. The summed E-state index contributed by atoms with van der Waals surface area (Å²) in [5.41, 5.74) is 0.929. The molecule has 1 aromatic heterocycles. The standard InChI is InChI=1S/C17H19FN2OS.ClH/c1-11-8-9-19-10-14(11)20-17(21)16-7-6-15(22-16)12-2-4-13(18)5-3-12;/h2-7,11,14,19H,8-10H2,1H3,(H,20,21);1H. The number of hydrogen-bond acceptors (Lipinski definition) is 3. The molecule has 2 unspecified atom stereocenters. The van der Waals surface area contributed by atoms with E-state index in [1.807, 2.05) is 12.1 Å². The average Bonchev–Trinajstić information content (AvgIpc) is 3.00. The van der Waals surface area contributed by atoms with Gasteiger partial charge in [-0.3, -0.25) is 4.79 Å². The van der Waals surface area contributed by atoms with Gasteiger partial charge in [0, 0.05) is 17.5 Å². The van der Waals surface area contributed by atoms with Crippen molar-refractivity contribution in [3.63, 3.8) is 0 Å². The lowest BCUT2D eigenvalue weighted by atomic mass is 9.95. The predicted octanol–water partition coefficient (Wildman–Crippen LogP) is 3.70. The first-order valence-corrected chi connectivity index (χ1v) is 8.32. The number of amides is 1. The SMILES string of the molecule is CC1CCNCC1NC(=O)c1ccc(-c2ccc(F)cc2)s1.Cl. The molecule has 1 aliphatic rings. The minimum absolute atomic E-state index is 0. The third-order valence-electron chi connectivity index (χ3n) is 4.10. The molecule has 1 saturated heterocycles. The van der Waals surface area contributed by atoms with Gasteiger partial charge in [-0.15, -0.1) is 23.7 Å². The van der Waals surface area contributed by atoms with Crippen LogP contribution in [0.3, 0.4) is 0 Å². The molecule has 0 aliphatic carbocycles. The molecule has 2 aromatic rings. The molecule has 0 saturated carbocycles. The minimum atomic E-state index is -0.253. The smallest absolute Gasteiger partial charge is 0.261 e. The van der Waals surface area contributed by atoms with Crippen molar-refractivity contribution in [2.45, 2.75) is 19.4 Å². The molecule has 2 atom stereocenters. The number of thiophene rings is 1. The van der Waals surface area contributed by atoms with Crippen LogP contribution < -0.4 is 10.6 Å². The van der Waals surface area contributed by atoms with Crippen LogP contribution in [0.5, 0.6) is 0 Å². The van der Waals surface area contributed by atoms with Gasteiger partial charge >= 0.3 is 0 Å². The van der Waals surface area contributed by atoms with E-state index in [0.29, 0.717) is 10.8 Å². The molecule has 0 bridgehead atoms. The van der Waals surface area contributed by atoms with E-state index in [4.69, 9.17) is 0 Å². The molecule has 1 amide bonds. The average molecular weight is 355 g/mol. The molecule has 2 heterocycles. The van der Waals surface area contributed by atoms with Crippen molar-refractivity contribution in [2.75, 3.05) is 13.1 Å². The molecule has 124 valence electrons. The van der Waals surface area contributed by atoms with E-state index in [2.05, 4.69) is 17.6 Å². The fraction of sp³-hybridized carbons (Fsp3) is 0.353. The second kappa shape index (κ2) is 7.90. The number of rotatable bonds is 3. The van der Waals surface area contributed by atoms with Crippen molar-refractivity contribution in [1.29, 1.82) is 0 Å². The summed E-state index contributed by atoms with van der Waals surface area (Å²) in [7, 11) is 0. The lowest BCUT2D eigenvalue weighted by molar-refractivity contribution is 0.0919. The Bertz CT molecular complexity index is 659. The van der Waals surface area contributed by atoms with Crippen LogP contribution in [0, 0.1) is 11.7 Å². The monoisotopic (exact) mass is 354 g/mol. The molecule has 6 heteroatoms. The van der Waals surface area contributed by atoms with Crippen LogP contribution in [0.25, 0.3) is 10.4 Å². The Morgan fingerprint density at radius 1 is 1.26 bits per heavy atom. The second-order valence-electron chi connectivity index (χ2n) is 5.72.